The number of hydrogen-bond acceptors (Lipinski definition) is 5. The van der Waals surface area contributed by atoms with Gasteiger partial charge in [0.2, 0.25) is 0 Å². The molecule has 3 rings (SSSR count). The summed E-state index contributed by atoms with van der Waals surface area (Å²) in [4.78, 5) is 22.9. The van der Waals surface area contributed by atoms with Crippen molar-refractivity contribution in [3.05, 3.63) is 64.4 Å². The van der Waals surface area contributed by atoms with Gasteiger partial charge in [0, 0.05) is 5.56 Å². The summed E-state index contributed by atoms with van der Waals surface area (Å²) < 4.78 is 0. The second-order valence-corrected chi connectivity index (χ2v) is 4.91. The van der Waals surface area contributed by atoms with Crippen molar-refractivity contribution in [3.8, 4) is 17.0 Å². The molecule has 0 saturated carbocycles. The van der Waals surface area contributed by atoms with Crippen LogP contribution < -0.4 is 5.56 Å². The number of phenols is 1. The van der Waals surface area contributed by atoms with Crippen LogP contribution in [0.2, 0.25) is 0 Å². The highest BCUT2D eigenvalue weighted by Crippen LogP contribution is 2.28. The smallest absolute Gasteiger partial charge is 0.335 e. The van der Waals surface area contributed by atoms with E-state index in [1.807, 2.05) is 0 Å². The van der Waals surface area contributed by atoms with E-state index in [1.54, 1.807) is 18.2 Å². The number of aromatic hydroxyl groups is 1. The number of aromatic carboxylic acids is 1. The van der Waals surface area contributed by atoms with Crippen LogP contribution in [0.25, 0.3) is 11.3 Å². The van der Waals surface area contributed by atoms with E-state index in [-0.39, 0.29) is 17.0 Å². The summed E-state index contributed by atoms with van der Waals surface area (Å²) in [6.07, 6.45) is 0. The summed E-state index contributed by atoms with van der Waals surface area (Å²) in [5, 5.41) is 31.5. The van der Waals surface area contributed by atoms with Crippen molar-refractivity contribution in [2.75, 3.05) is 0 Å². The Bertz CT molecular complexity index is 987. The van der Waals surface area contributed by atoms with Gasteiger partial charge in [0.1, 0.15) is 5.75 Å². The van der Waals surface area contributed by atoms with E-state index in [4.69, 9.17) is 5.11 Å². The van der Waals surface area contributed by atoms with Gasteiger partial charge < -0.3 is 10.2 Å². The van der Waals surface area contributed by atoms with Crippen molar-refractivity contribution in [1.29, 1.82) is 0 Å². The largest absolute Gasteiger partial charge is 0.508 e. The molecule has 0 aliphatic rings. The Balaban J connectivity index is 1.99. The molecule has 0 spiro atoms. The lowest BCUT2D eigenvalue weighted by molar-refractivity contribution is 0.0697. The molecule has 1 heterocycles. The van der Waals surface area contributed by atoms with Gasteiger partial charge in [-0.25, -0.2) is 4.79 Å². The molecule has 0 atom stereocenters. The lowest BCUT2D eigenvalue weighted by Crippen LogP contribution is -1.96. The maximum atomic E-state index is 11.9. The maximum Gasteiger partial charge on any atom is 0.335 e. The number of nitrogens with one attached hydrogen (secondary N) is 2. The first kappa shape index (κ1) is 15.2. The molecule has 0 saturated heterocycles. The predicted octanol–water partition coefficient (Wildman–Crippen LogP) is 3.19. The number of benzene rings is 2. The number of nitrogens with zero attached hydrogens (tertiary/aromatic N) is 2. The van der Waals surface area contributed by atoms with Gasteiger partial charge in [-0.1, -0.05) is 18.2 Å². The average Bonchev–Trinajstić information content (AvgIpc) is 2.94. The van der Waals surface area contributed by atoms with E-state index in [9.17, 15) is 14.7 Å². The first-order chi connectivity index (χ1) is 11.5. The molecule has 8 nitrogen and oxygen atoms in total. The molecule has 2 aromatic carbocycles. The molecule has 0 unspecified atom stereocenters. The summed E-state index contributed by atoms with van der Waals surface area (Å²) in [6.45, 7) is 0. The minimum Gasteiger partial charge on any atom is -0.508 e. The van der Waals surface area contributed by atoms with E-state index in [1.165, 1.54) is 30.3 Å². The number of hydrogen-bond donors (Lipinski definition) is 4. The van der Waals surface area contributed by atoms with Gasteiger partial charge in [0.15, 0.2) is 5.69 Å². The molecular formula is C16H12N4O4. The molecule has 0 aliphatic carbocycles. The van der Waals surface area contributed by atoms with Crippen molar-refractivity contribution >= 4 is 17.3 Å². The highest BCUT2D eigenvalue weighted by molar-refractivity contribution is 5.88. The standard InChI is InChI=1S/C16H12N4O4/c21-12-6-2-3-9(8-12)13-14(15(22)20-18-13)19-17-11-5-1-4-10(7-11)16(23)24/h1-8,21H,(H,23,24)(H2,18,20,22). The summed E-state index contributed by atoms with van der Waals surface area (Å²) in [5.74, 6) is -1.03. The Hall–Kier alpha value is -3.68. The topological polar surface area (TPSA) is 131 Å². The first-order valence-electron chi connectivity index (χ1n) is 6.90. The number of rotatable bonds is 4. The van der Waals surface area contributed by atoms with Crippen LogP contribution in [0.15, 0.2) is 63.6 Å². The van der Waals surface area contributed by atoms with Crippen molar-refractivity contribution in [1.82, 2.24) is 10.2 Å². The Kier molecular flexibility index (Phi) is 3.94. The van der Waals surface area contributed by atoms with Gasteiger partial charge in [0.25, 0.3) is 5.56 Å². The number of aromatic amines is 2. The van der Waals surface area contributed by atoms with Crippen LogP contribution >= 0.6 is 0 Å². The molecule has 24 heavy (non-hydrogen) atoms. The highest BCUT2D eigenvalue weighted by Gasteiger charge is 2.12. The zero-order valence-electron chi connectivity index (χ0n) is 12.2. The van der Waals surface area contributed by atoms with Gasteiger partial charge in [-0.15, -0.1) is 5.11 Å². The summed E-state index contributed by atoms with van der Waals surface area (Å²) in [5.41, 5.74) is 0.850. The predicted molar refractivity (Wildman–Crippen MR) is 86.1 cm³/mol. The van der Waals surface area contributed by atoms with Crippen LogP contribution in [0.3, 0.4) is 0 Å². The van der Waals surface area contributed by atoms with E-state index in [0.29, 0.717) is 16.9 Å². The van der Waals surface area contributed by atoms with Crippen LogP contribution in [-0.2, 0) is 0 Å². The van der Waals surface area contributed by atoms with E-state index >= 15 is 0 Å². The molecule has 3 aromatic rings. The normalized spacial score (nSPS) is 11.0. The van der Waals surface area contributed by atoms with Crippen LogP contribution in [0, 0.1) is 0 Å². The van der Waals surface area contributed by atoms with E-state index in [0.717, 1.165) is 0 Å². The molecule has 120 valence electrons. The van der Waals surface area contributed by atoms with Crippen LogP contribution in [0.1, 0.15) is 10.4 Å². The van der Waals surface area contributed by atoms with Crippen LogP contribution in [0.5, 0.6) is 5.75 Å². The van der Waals surface area contributed by atoms with Gasteiger partial charge in [-0.3, -0.25) is 15.0 Å². The molecule has 0 bridgehead atoms. The Labute approximate surface area is 135 Å². The fraction of sp³-hybridized carbons (Fsp3) is 0. The third-order valence-electron chi connectivity index (χ3n) is 3.25. The Morgan fingerprint density at radius 3 is 2.54 bits per heavy atom. The van der Waals surface area contributed by atoms with Crippen molar-refractivity contribution < 1.29 is 15.0 Å². The zero-order valence-corrected chi connectivity index (χ0v) is 12.2. The molecule has 1 aromatic heterocycles. The molecule has 0 radical (unpaired) electrons. The quantitative estimate of drug-likeness (QED) is 0.549. The van der Waals surface area contributed by atoms with Gasteiger partial charge in [-0.05, 0) is 30.3 Å². The van der Waals surface area contributed by atoms with Gasteiger partial charge in [0.05, 0.1) is 16.9 Å². The zero-order chi connectivity index (χ0) is 17.1. The summed E-state index contributed by atoms with van der Waals surface area (Å²) >= 11 is 0. The second-order valence-electron chi connectivity index (χ2n) is 4.91. The van der Waals surface area contributed by atoms with E-state index < -0.39 is 11.5 Å². The van der Waals surface area contributed by atoms with Crippen molar-refractivity contribution in [2.45, 2.75) is 0 Å². The van der Waals surface area contributed by atoms with Gasteiger partial charge >= 0.3 is 5.97 Å². The molecule has 0 aliphatic heterocycles. The fourth-order valence-corrected chi connectivity index (χ4v) is 2.13. The molecule has 8 heteroatoms. The second kappa shape index (κ2) is 6.21. The van der Waals surface area contributed by atoms with Crippen molar-refractivity contribution in [3.63, 3.8) is 0 Å². The SMILES string of the molecule is O=C(O)c1cccc(N=Nc2c(-c3cccc(O)c3)[nH][nH]c2=O)c1. The Morgan fingerprint density at radius 2 is 1.79 bits per heavy atom. The lowest BCUT2D eigenvalue weighted by atomic mass is 10.1. The maximum absolute atomic E-state index is 11.9. The minimum atomic E-state index is -1.08. The Morgan fingerprint density at radius 1 is 1.00 bits per heavy atom. The lowest BCUT2D eigenvalue weighted by Gasteiger charge is -2.00. The summed E-state index contributed by atoms with van der Waals surface area (Å²) in [7, 11) is 0. The van der Waals surface area contributed by atoms with Crippen LogP contribution in [0.4, 0.5) is 11.4 Å². The van der Waals surface area contributed by atoms with Crippen LogP contribution in [-0.4, -0.2) is 26.4 Å². The van der Waals surface area contributed by atoms with Gasteiger partial charge in [-0.2, -0.15) is 5.11 Å². The first-order valence-corrected chi connectivity index (χ1v) is 6.90. The number of phenolic OH excluding ortho intramolecular Hbond substituents is 1. The number of carbonyl (C=O) groups is 1. The minimum absolute atomic E-state index is 0.0290. The number of azo groups is 1. The van der Waals surface area contributed by atoms with Crippen molar-refractivity contribution in [2.24, 2.45) is 10.2 Å². The molecule has 4 N–H and O–H groups in total. The monoisotopic (exact) mass is 324 g/mol. The summed E-state index contributed by atoms with van der Waals surface area (Å²) in [6, 6.07) is 12.2. The third kappa shape index (κ3) is 3.07. The number of H-pyrrole nitrogens is 2. The van der Waals surface area contributed by atoms with E-state index in [2.05, 4.69) is 20.4 Å². The third-order valence-corrected chi connectivity index (χ3v) is 3.25. The molecule has 0 amide bonds. The number of carboxylic acids is 1. The fourth-order valence-electron chi connectivity index (χ4n) is 2.13. The molecule has 0 fully saturated rings. The average molecular weight is 324 g/mol. The molecular weight excluding hydrogens is 312 g/mol. The number of aromatic nitrogens is 2. The highest BCUT2D eigenvalue weighted by atomic mass is 16.4. The number of carboxylic acid groups (broad SMARTS) is 1.